The van der Waals surface area contributed by atoms with E-state index in [1.54, 1.807) is 30.0 Å². The molecule has 1 aliphatic rings. The molecule has 138 valence electrons. The van der Waals surface area contributed by atoms with Crippen LogP contribution in [0.25, 0.3) is 6.08 Å². The predicted molar refractivity (Wildman–Crippen MR) is 91.7 cm³/mol. The molecule has 0 bridgehead atoms. The summed E-state index contributed by atoms with van der Waals surface area (Å²) in [4.78, 5) is 24.7. The monoisotopic (exact) mass is 360 g/mol. The fourth-order valence-electron chi connectivity index (χ4n) is 2.39. The molecule has 1 aromatic carbocycles. The van der Waals surface area contributed by atoms with Gasteiger partial charge in [-0.1, -0.05) is 6.07 Å². The minimum absolute atomic E-state index is 0.00792. The third-order valence-electron chi connectivity index (χ3n) is 3.58. The van der Waals surface area contributed by atoms with E-state index < -0.39 is 12.6 Å². The van der Waals surface area contributed by atoms with E-state index in [4.69, 9.17) is 19.3 Å². The van der Waals surface area contributed by atoms with E-state index >= 15 is 0 Å². The van der Waals surface area contributed by atoms with Crippen molar-refractivity contribution in [2.75, 3.05) is 39.5 Å². The summed E-state index contributed by atoms with van der Waals surface area (Å²) >= 11 is 0. The molecule has 1 fully saturated rings. The van der Waals surface area contributed by atoms with Crippen LogP contribution in [0.15, 0.2) is 23.8 Å². The third-order valence-corrected chi connectivity index (χ3v) is 3.58. The Labute approximate surface area is 151 Å². The summed E-state index contributed by atoms with van der Waals surface area (Å²) < 4.78 is 15.8. The maximum atomic E-state index is 12.4. The number of carbonyl (C=O) groups excluding carboxylic acids is 1. The van der Waals surface area contributed by atoms with Gasteiger partial charge in [-0.05, 0) is 30.7 Å². The second-order valence-electron chi connectivity index (χ2n) is 5.40. The average Bonchev–Trinajstić information content (AvgIpc) is 2.65. The lowest BCUT2D eigenvalue weighted by Gasteiger charge is -2.26. The van der Waals surface area contributed by atoms with Gasteiger partial charge in [0.1, 0.15) is 11.6 Å². The van der Waals surface area contributed by atoms with E-state index in [2.05, 4.69) is 0 Å². The summed E-state index contributed by atoms with van der Waals surface area (Å²) in [6.45, 7) is 3.45. The molecule has 1 amide bonds. The first-order valence-electron chi connectivity index (χ1n) is 8.15. The average molecular weight is 360 g/mol. The van der Waals surface area contributed by atoms with Crippen LogP contribution < -0.4 is 9.47 Å². The molecular weight excluding hydrogens is 340 g/mol. The maximum Gasteiger partial charge on any atom is 0.341 e. The Morgan fingerprint density at radius 3 is 2.65 bits per heavy atom. The first kappa shape index (κ1) is 19.3. The van der Waals surface area contributed by atoms with Gasteiger partial charge in [-0.3, -0.25) is 4.79 Å². The molecule has 0 radical (unpaired) electrons. The van der Waals surface area contributed by atoms with Crippen LogP contribution in [0.3, 0.4) is 0 Å². The van der Waals surface area contributed by atoms with Crippen LogP contribution in [-0.4, -0.2) is 61.4 Å². The van der Waals surface area contributed by atoms with Gasteiger partial charge in [-0.2, -0.15) is 5.26 Å². The standard InChI is InChI=1S/C18H20N2O6/c1-2-25-16-10-13(3-4-15(16)26-12-17(21)22)9-14(11-19)18(23)20-5-7-24-8-6-20/h3-4,9-10H,2,5-8,12H2,1H3,(H,21,22)/b14-9+. The Bertz CT molecular complexity index is 732. The predicted octanol–water partition coefficient (Wildman–Crippen LogP) is 1.31. The van der Waals surface area contributed by atoms with E-state index in [-0.39, 0.29) is 17.2 Å². The number of hydrogen-bond donors (Lipinski definition) is 1. The number of rotatable bonds is 7. The smallest absolute Gasteiger partial charge is 0.341 e. The summed E-state index contributed by atoms with van der Waals surface area (Å²) in [5.41, 5.74) is 0.586. The Morgan fingerprint density at radius 2 is 2.04 bits per heavy atom. The molecule has 1 heterocycles. The second-order valence-corrected chi connectivity index (χ2v) is 5.40. The number of morpholine rings is 1. The molecular formula is C18H20N2O6. The largest absolute Gasteiger partial charge is 0.490 e. The van der Waals surface area contributed by atoms with Gasteiger partial charge in [0.2, 0.25) is 0 Å². The van der Waals surface area contributed by atoms with Crippen molar-refractivity contribution in [1.82, 2.24) is 4.90 Å². The van der Waals surface area contributed by atoms with Gasteiger partial charge >= 0.3 is 5.97 Å². The highest BCUT2D eigenvalue weighted by molar-refractivity contribution is 6.01. The second kappa shape index (κ2) is 9.44. The van der Waals surface area contributed by atoms with Gasteiger partial charge < -0.3 is 24.2 Å². The van der Waals surface area contributed by atoms with Crippen molar-refractivity contribution in [3.63, 3.8) is 0 Å². The molecule has 0 spiro atoms. The van der Waals surface area contributed by atoms with Crippen LogP contribution in [0.1, 0.15) is 12.5 Å². The highest BCUT2D eigenvalue weighted by atomic mass is 16.5. The number of aliphatic carboxylic acids is 1. The number of carbonyl (C=O) groups is 2. The van der Waals surface area contributed by atoms with Crippen LogP contribution in [-0.2, 0) is 14.3 Å². The SMILES string of the molecule is CCOc1cc(/C=C(\C#N)C(=O)N2CCOCC2)ccc1OCC(=O)O. The fraction of sp³-hybridized carbons (Fsp3) is 0.389. The number of nitriles is 1. The number of carboxylic acid groups (broad SMARTS) is 1. The number of hydrogen-bond acceptors (Lipinski definition) is 6. The third kappa shape index (κ3) is 5.22. The van der Waals surface area contributed by atoms with Gasteiger partial charge in [0.15, 0.2) is 18.1 Å². The highest BCUT2D eigenvalue weighted by Gasteiger charge is 2.20. The van der Waals surface area contributed by atoms with E-state index in [0.717, 1.165) is 0 Å². The molecule has 1 aliphatic heterocycles. The van der Waals surface area contributed by atoms with Gasteiger partial charge in [0, 0.05) is 13.1 Å². The van der Waals surface area contributed by atoms with Gasteiger partial charge in [-0.25, -0.2) is 4.79 Å². The lowest BCUT2D eigenvalue weighted by molar-refractivity contribution is -0.139. The van der Waals surface area contributed by atoms with Crippen LogP contribution in [0.2, 0.25) is 0 Å². The van der Waals surface area contributed by atoms with Crippen molar-refractivity contribution in [3.05, 3.63) is 29.3 Å². The van der Waals surface area contributed by atoms with Crippen LogP contribution in [0, 0.1) is 11.3 Å². The van der Waals surface area contributed by atoms with Crippen LogP contribution in [0.5, 0.6) is 11.5 Å². The Morgan fingerprint density at radius 1 is 1.31 bits per heavy atom. The lowest BCUT2D eigenvalue weighted by Crippen LogP contribution is -2.41. The molecule has 8 nitrogen and oxygen atoms in total. The zero-order valence-corrected chi connectivity index (χ0v) is 14.4. The van der Waals surface area contributed by atoms with Gasteiger partial charge in [0.05, 0.1) is 19.8 Å². The van der Waals surface area contributed by atoms with Crippen LogP contribution in [0.4, 0.5) is 0 Å². The molecule has 0 aromatic heterocycles. The summed E-state index contributed by atoms with van der Waals surface area (Å²) in [5.74, 6) is -0.817. The van der Waals surface area contributed by atoms with E-state index in [1.165, 1.54) is 6.08 Å². The van der Waals surface area contributed by atoms with Crippen molar-refractivity contribution in [1.29, 1.82) is 5.26 Å². The zero-order chi connectivity index (χ0) is 18.9. The van der Waals surface area contributed by atoms with Crippen molar-refractivity contribution in [2.45, 2.75) is 6.92 Å². The van der Waals surface area contributed by atoms with Gasteiger partial charge in [-0.15, -0.1) is 0 Å². The highest BCUT2D eigenvalue weighted by Crippen LogP contribution is 2.29. The topological polar surface area (TPSA) is 109 Å². The molecule has 0 aliphatic carbocycles. The molecule has 0 saturated carbocycles. The molecule has 1 saturated heterocycles. The molecule has 0 atom stereocenters. The van der Waals surface area contributed by atoms with E-state index in [9.17, 15) is 14.9 Å². The molecule has 26 heavy (non-hydrogen) atoms. The Kier molecular flexibility index (Phi) is 7.00. The van der Waals surface area contributed by atoms with Gasteiger partial charge in [0.25, 0.3) is 5.91 Å². The fourth-order valence-corrected chi connectivity index (χ4v) is 2.39. The molecule has 1 aromatic rings. The summed E-state index contributed by atoms with van der Waals surface area (Å²) in [5, 5.41) is 18.1. The quantitative estimate of drug-likeness (QED) is 0.577. The van der Waals surface area contributed by atoms with E-state index in [0.29, 0.717) is 44.2 Å². The molecule has 2 rings (SSSR count). The number of amides is 1. The Hall–Kier alpha value is -3.05. The lowest BCUT2D eigenvalue weighted by atomic mass is 10.1. The van der Waals surface area contributed by atoms with Crippen molar-refractivity contribution in [2.24, 2.45) is 0 Å². The van der Waals surface area contributed by atoms with Crippen molar-refractivity contribution in [3.8, 4) is 17.6 Å². The number of benzene rings is 1. The number of ether oxygens (including phenoxy) is 3. The minimum Gasteiger partial charge on any atom is -0.490 e. The Balaban J connectivity index is 2.23. The first-order chi connectivity index (χ1) is 12.5. The first-order valence-corrected chi connectivity index (χ1v) is 8.15. The van der Waals surface area contributed by atoms with E-state index in [1.807, 2.05) is 6.07 Å². The maximum absolute atomic E-state index is 12.4. The summed E-state index contributed by atoms with van der Waals surface area (Å²) in [6.07, 6.45) is 1.47. The summed E-state index contributed by atoms with van der Waals surface area (Å²) in [7, 11) is 0. The normalized spacial score (nSPS) is 14.5. The zero-order valence-electron chi connectivity index (χ0n) is 14.4. The molecule has 0 unspecified atom stereocenters. The van der Waals surface area contributed by atoms with Crippen molar-refractivity contribution >= 4 is 18.0 Å². The molecule has 8 heteroatoms. The minimum atomic E-state index is -1.10. The van der Waals surface area contributed by atoms with Crippen LogP contribution >= 0.6 is 0 Å². The summed E-state index contributed by atoms with van der Waals surface area (Å²) in [6, 6.07) is 6.71. The molecule has 1 N–H and O–H groups in total. The number of nitrogens with zero attached hydrogens (tertiary/aromatic N) is 2. The van der Waals surface area contributed by atoms with Crippen molar-refractivity contribution < 1.29 is 28.9 Å². The number of carboxylic acids is 1.